The average molecular weight is 285 g/mol. The third kappa shape index (κ3) is 1.56. The van der Waals surface area contributed by atoms with Crippen molar-refractivity contribution in [3.63, 3.8) is 0 Å². The standard InChI is InChI=1S/C15H15N3OS/c1-19-10-7-5-9(6-8-10)13-14(16)18-11-3-2-4-12(11)20-15(18)17-13/h5-8H,2-4,16H2,1H3. The molecular formula is C15H15N3OS. The summed E-state index contributed by atoms with van der Waals surface area (Å²) < 4.78 is 7.32. The van der Waals surface area contributed by atoms with Gasteiger partial charge < -0.3 is 10.5 Å². The molecule has 1 aliphatic rings. The molecule has 0 amide bonds. The van der Waals surface area contributed by atoms with E-state index < -0.39 is 0 Å². The van der Waals surface area contributed by atoms with Gasteiger partial charge in [-0.3, -0.25) is 4.40 Å². The number of rotatable bonds is 2. The van der Waals surface area contributed by atoms with Gasteiger partial charge in [0.1, 0.15) is 17.3 Å². The normalized spacial score (nSPS) is 13.8. The van der Waals surface area contributed by atoms with Crippen LogP contribution in [0.4, 0.5) is 5.82 Å². The predicted molar refractivity (Wildman–Crippen MR) is 81.5 cm³/mol. The number of aryl methyl sites for hydroxylation is 2. The lowest BCUT2D eigenvalue weighted by Crippen LogP contribution is -1.96. The van der Waals surface area contributed by atoms with Crippen LogP contribution in [0.2, 0.25) is 0 Å². The number of benzene rings is 1. The maximum atomic E-state index is 6.33. The number of nitrogen functional groups attached to an aromatic ring is 1. The Labute approximate surface area is 120 Å². The molecule has 0 aliphatic heterocycles. The van der Waals surface area contributed by atoms with Crippen LogP contribution in [-0.4, -0.2) is 16.5 Å². The first-order valence-corrected chi connectivity index (χ1v) is 7.52. The summed E-state index contributed by atoms with van der Waals surface area (Å²) in [5, 5.41) is 0. The Balaban J connectivity index is 1.87. The van der Waals surface area contributed by atoms with Gasteiger partial charge in [-0.25, -0.2) is 4.98 Å². The largest absolute Gasteiger partial charge is 0.497 e. The Bertz CT molecular complexity index is 786. The first-order valence-electron chi connectivity index (χ1n) is 6.71. The van der Waals surface area contributed by atoms with Crippen LogP contribution in [0.1, 0.15) is 17.0 Å². The summed E-state index contributed by atoms with van der Waals surface area (Å²) in [6.45, 7) is 0. The fraction of sp³-hybridized carbons (Fsp3) is 0.267. The molecule has 20 heavy (non-hydrogen) atoms. The summed E-state index contributed by atoms with van der Waals surface area (Å²) in [5.74, 6) is 1.60. The fourth-order valence-corrected chi connectivity index (χ4v) is 4.07. The third-order valence-corrected chi connectivity index (χ3v) is 5.01. The summed E-state index contributed by atoms with van der Waals surface area (Å²) in [6.07, 6.45) is 3.51. The van der Waals surface area contributed by atoms with Crippen LogP contribution in [0.25, 0.3) is 16.2 Å². The first-order chi connectivity index (χ1) is 9.78. The Morgan fingerprint density at radius 1 is 1.25 bits per heavy atom. The highest BCUT2D eigenvalue weighted by atomic mass is 32.1. The van der Waals surface area contributed by atoms with E-state index in [1.165, 1.54) is 23.4 Å². The number of nitrogens with zero attached hydrogens (tertiary/aromatic N) is 2. The van der Waals surface area contributed by atoms with E-state index in [4.69, 9.17) is 15.5 Å². The van der Waals surface area contributed by atoms with Crippen molar-refractivity contribution in [1.82, 2.24) is 9.38 Å². The molecule has 102 valence electrons. The number of ether oxygens (including phenoxy) is 1. The van der Waals surface area contributed by atoms with Gasteiger partial charge in [0, 0.05) is 16.1 Å². The second-order valence-corrected chi connectivity index (χ2v) is 6.08. The van der Waals surface area contributed by atoms with Crippen LogP contribution in [0, 0.1) is 0 Å². The summed E-state index contributed by atoms with van der Waals surface area (Å²) in [5.41, 5.74) is 9.59. The van der Waals surface area contributed by atoms with Crippen molar-refractivity contribution in [2.24, 2.45) is 0 Å². The maximum Gasteiger partial charge on any atom is 0.196 e. The molecule has 0 radical (unpaired) electrons. The van der Waals surface area contributed by atoms with Gasteiger partial charge in [-0.2, -0.15) is 0 Å². The topological polar surface area (TPSA) is 52.5 Å². The minimum absolute atomic E-state index is 0.754. The third-order valence-electron chi connectivity index (χ3n) is 3.87. The monoisotopic (exact) mass is 285 g/mol. The Morgan fingerprint density at radius 3 is 2.80 bits per heavy atom. The summed E-state index contributed by atoms with van der Waals surface area (Å²) in [4.78, 5) is 7.17. The zero-order valence-corrected chi connectivity index (χ0v) is 12.0. The quantitative estimate of drug-likeness (QED) is 0.787. The van der Waals surface area contributed by atoms with Gasteiger partial charge in [0.05, 0.1) is 7.11 Å². The summed E-state index contributed by atoms with van der Waals surface area (Å²) in [6, 6.07) is 7.88. The highest BCUT2D eigenvalue weighted by molar-refractivity contribution is 7.17. The molecule has 4 nitrogen and oxygen atoms in total. The lowest BCUT2D eigenvalue weighted by Gasteiger charge is -2.03. The van der Waals surface area contributed by atoms with Gasteiger partial charge in [0.25, 0.3) is 0 Å². The molecule has 2 aromatic heterocycles. The SMILES string of the molecule is COc1ccc(-c2nc3sc4c(n3c2N)CCC4)cc1. The Kier molecular flexibility index (Phi) is 2.50. The van der Waals surface area contributed by atoms with Crippen molar-refractivity contribution in [1.29, 1.82) is 0 Å². The molecule has 1 aromatic carbocycles. The second kappa shape index (κ2) is 4.24. The van der Waals surface area contributed by atoms with Crippen molar-refractivity contribution in [3.8, 4) is 17.0 Å². The molecule has 0 saturated carbocycles. The van der Waals surface area contributed by atoms with Gasteiger partial charge in [0.2, 0.25) is 0 Å². The molecule has 0 atom stereocenters. The molecule has 1 aliphatic carbocycles. The summed E-state index contributed by atoms with van der Waals surface area (Å²) in [7, 11) is 1.67. The van der Waals surface area contributed by atoms with Crippen LogP contribution in [0.15, 0.2) is 24.3 Å². The average Bonchev–Trinajstić information content (AvgIpc) is 3.11. The van der Waals surface area contributed by atoms with Gasteiger partial charge in [-0.05, 0) is 43.5 Å². The molecule has 0 saturated heterocycles. The van der Waals surface area contributed by atoms with E-state index in [-0.39, 0.29) is 0 Å². The van der Waals surface area contributed by atoms with Crippen molar-refractivity contribution in [2.75, 3.05) is 12.8 Å². The molecule has 2 N–H and O–H groups in total. The van der Waals surface area contributed by atoms with E-state index in [0.717, 1.165) is 34.2 Å². The van der Waals surface area contributed by atoms with Crippen molar-refractivity contribution >= 4 is 22.1 Å². The Morgan fingerprint density at radius 2 is 2.05 bits per heavy atom. The van der Waals surface area contributed by atoms with E-state index in [2.05, 4.69) is 4.40 Å². The van der Waals surface area contributed by atoms with Gasteiger partial charge in [0.15, 0.2) is 4.96 Å². The molecule has 4 rings (SSSR count). The minimum Gasteiger partial charge on any atom is -0.497 e. The highest BCUT2D eigenvalue weighted by Crippen LogP contribution is 2.37. The van der Waals surface area contributed by atoms with Crippen molar-refractivity contribution in [3.05, 3.63) is 34.8 Å². The molecule has 3 aromatic rings. The number of imidazole rings is 1. The molecule has 0 bridgehead atoms. The van der Waals surface area contributed by atoms with Crippen LogP contribution in [0.3, 0.4) is 0 Å². The zero-order valence-electron chi connectivity index (χ0n) is 11.2. The lowest BCUT2D eigenvalue weighted by atomic mass is 10.1. The smallest absolute Gasteiger partial charge is 0.196 e. The van der Waals surface area contributed by atoms with E-state index in [9.17, 15) is 0 Å². The molecular weight excluding hydrogens is 270 g/mol. The van der Waals surface area contributed by atoms with E-state index in [1.807, 2.05) is 24.3 Å². The van der Waals surface area contributed by atoms with Crippen LogP contribution in [0.5, 0.6) is 5.75 Å². The van der Waals surface area contributed by atoms with Crippen LogP contribution < -0.4 is 10.5 Å². The Hall–Kier alpha value is -2.01. The molecule has 5 heteroatoms. The van der Waals surface area contributed by atoms with Gasteiger partial charge in [-0.15, -0.1) is 11.3 Å². The first kappa shape index (κ1) is 11.8. The van der Waals surface area contributed by atoms with Crippen LogP contribution >= 0.6 is 11.3 Å². The maximum absolute atomic E-state index is 6.33. The van der Waals surface area contributed by atoms with E-state index >= 15 is 0 Å². The fourth-order valence-electron chi connectivity index (χ4n) is 2.86. The molecule has 2 heterocycles. The minimum atomic E-state index is 0.754. The number of fused-ring (bicyclic) bond motifs is 3. The number of methoxy groups -OCH3 is 1. The number of hydrogen-bond donors (Lipinski definition) is 1. The van der Waals surface area contributed by atoms with Gasteiger partial charge >= 0.3 is 0 Å². The second-order valence-electron chi connectivity index (χ2n) is 5.02. The van der Waals surface area contributed by atoms with E-state index in [0.29, 0.717) is 0 Å². The molecule has 0 spiro atoms. The van der Waals surface area contributed by atoms with Crippen LogP contribution in [-0.2, 0) is 12.8 Å². The van der Waals surface area contributed by atoms with Crippen molar-refractivity contribution < 1.29 is 4.74 Å². The molecule has 0 fully saturated rings. The number of nitrogens with two attached hydrogens (primary N) is 1. The molecule has 0 unspecified atom stereocenters. The number of hydrogen-bond acceptors (Lipinski definition) is 4. The van der Waals surface area contributed by atoms with E-state index in [1.54, 1.807) is 18.4 Å². The highest BCUT2D eigenvalue weighted by Gasteiger charge is 2.22. The zero-order chi connectivity index (χ0) is 13.7. The summed E-state index contributed by atoms with van der Waals surface area (Å²) >= 11 is 1.77. The van der Waals surface area contributed by atoms with Gasteiger partial charge in [-0.1, -0.05) is 0 Å². The predicted octanol–water partition coefficient (Wildman–Crippen LogP) is 3.14. The number of aromatic nitrogens is 2. The lowest BCUT2D eigenvalue weighted by molar-refractivity contribution is 0.415. The number of anilines is 1. The van der Waals surface area contributed by atoms with Crippen molar-refractivity contribution in [2.45, 2.75) is 19.3 Å². The number of thiazole rings is 1.